The monoisotopic (exact) mass is 267 g/mol. The van der Waals surface area contributed by atoms with Crippen molar-refractivity contribution in [1.29, 1.82) is 0 Å². The van der Waals surface area contributed by atoms with E-state index >= 15 is 0 Å². The predicted octanol–water partition coefficient (Wildman–Crippen LogP) is 1.98. The summed E-state index contributed by atoms with van der Waals surface area (Å²) in [6.07, 6.45) is 2.97. The normalized spacial score (nSPS) is 10.8. The molecule has 0 saturated carbocycles. The molecule has 2 aromatic heterocycles. The van der Waals surface area contributed by atoms with E-state index in [0.29, 0.717) is 23.1 Å². The number of carbonyl (C=O) groups is 1. The number of ketones is 1. The van der Waals surface area contributed by atoms with Gasteiger partial charge in [-0.2, -0.15) is 5.10 Å². The predicted molar refractivity (Wildman–Crippen MR) is 75.9 cm³/mol. The van der Waals surface area contributed by atoms with Gasteiger partial charge >= 0.3 is 0 Å². The van der Waals surface area contributed by atoms with Crippen LogP contribution in [0.15, 0.2) is 47.5 Å². The van der Waals surface area contributed by atoms with Crippen LogP contribution in [0.2, 0.25) is 0 Å². The second-order valence-corrected chi connectivity index (χ2v) is 4.45. The van der Waals surface area contributed by atoms with Crippen molar-refractivity contribution in [3.8, 4) is 0 Å². The van der Waals surface area contributed by atoms with Crippen molar-refractivity contribution >= 4 is 16.8 Å². The molecule has 0 fully saturated rings. The Kier molecular flexibility index (Phi) is 2.95. The molecule has 2 heterocycles. The van der Waals surface area contributed by atoms with Crippen LogP contribution in [-0.4, -0.2) is 20.5 Å². The number of benzene rings is 1. The van der Waals surface area contributed by atoms with Gasteiger partial charge in [-0.1, -0.05) is 30.3 Å². The fourth-order valence-corrected chi connectivity index (χ4v) is 2.21. The van der Waals surface area contributed by atoms with E-state index in [2.05, 4.69) is 10.1 Å². The number of aromatic amines is 1. The van der Waals surface area contributed by atoms with Crippen LogP contribution in [0.3, 0.4) is 0 Å². The molecule has 0 aliphatic rings. The number of fused-ring (bicyclic) bond motifs is 1. The summed E-state index contributed by atoms with van der Waals surface area (Å²) in [4.78, 5) is 27.7. The molecule has 0 atom stereocenters. The lowest BCUT2D eigenvalue weighted by Gasteiger charge is -2.02. The number of H-pyrrole nitrogens is 1. The average molecular weight is 267 g/mol. The lowest BCUT2D eigenvalue weighted by Crippen LogP contribution is -2.16. The van der Waals surface area contributed by atoms with E-state index in [0.717, 1.165) is 0 Å². The van der Waals surface area contributed by atoms with E-state index in [4.69, 9.17) is 0 Å². The van der Waals surface area contributed by atoms with Crippen molar-refractivity contribution < 1.29 is 4.79 Å². The maximum Gasteiger partial charge on any atom is 0.203 e. The molecule has 100 valence electrons. The maximum atomic E-state index is 12.4. The molecule has 3 rings (SSSR count). The molecule has 5 heteroatoms. The Balaban J connectivity index is 2.16. The highest BCUT2D eigenvalue weighted by Crippen LogP contribution is 2.10. The van der Waals surface area contributed by atoms with Gasteiger partial charge in [0, 0.05) is 18.3 Å². The SMILES string of the molecule is CCn1ncc2c(=O)c(C(=O)c3ccccc3)c[nH]c21. The number of hydrogen-bond acceptors (Lipinski definition) is 3. The minimum Gasteiger partial charge on any atom is -0.345 e. The molecule has 3 aromatic rings. The molecule has 0 bridgehead atoms. The van der Waals surface area contributed by atoms with Crippen LogP contribution in [-0.2, 0) is 6.54 Å². The topological polar surface area (TPSA) is 67.8 Å². The van der Waals surface area contributed by atoms with Gasteiger partial charge in [0.05, 0.1) is 17.1 Å². The van der Waals surface area contributed by atoms with E-state index in [1.165, 1.54) is 12.4 Å². The number of aromatic nitrogens is 3. The molecule has 0 unspecified atom stereocenters. The quantitative estimate of drug-likeness (QED) is 0.738. The Morgan fingerprint density at radius 3 is 2.75 bits per heavy atom. The summed E-state index contributed by atoms with van der Waals surface area (Å²) in [5, 5.41) is 4.56. The zero-order valence-electron chi connectivity index (χ0n) is 11.0. The largest absolute Gasteiger partial charge is 0.345 e. The number of aryl methyl sites for hydroxylation is 1. The molecule has 20 heavy (non-hydrogen) atoms. The highest BCUT2D eigenvalue weighted by atomic mass is 16.1. The van der Waals surface area contributed by atoms with Crippen LogP contribution in [0.1, 0.15) is 22.8 Å². The summed E-state index contributed by atoms with van der Waals surface area (Å²) in [6, 6.07) is 8.77. The number of carbonyl (C=O) groups excluding carboxylic acids is 1. The van der Waals surface area contributed by atoms with Crippen molar-refractivity contribution in [3.63, 3.8) is 0 Å². The van der Waals surface area contributed by atoms with Gasteiger partial charge in [-0.25, -0.2) is 4.68 Å². The van der Waals surface area contributed by atoms with Crippen molar-refractivity contribution in [3.05, 3.63) is 64.1 Å². The van der Waals surface area contributed by atoms with Crippen molar-refractivity contribution in [2.24, 2.45) is 0 Å². The molecule has 0 radical (unpaired) electrons. The van der Waals surface area contributed by atoms with E-state index in [-0.39, 0.29) is 16.8 Å². The van der Waals surface area contributed by atoms with Gasteiger partial charge in [0.25, 0.3) is 0 Å². The lowest BCUT2D eigenvalue weighted by atomic mass is 10.0. The number of hydrogen-bond donors (Lipinski definition) is 1. The summed E-state index contributed by atoms with van der Waals surface area (Å²) in [6.45, 7) is 2.60. The zero-order chi connectivity index (χ0) is 14.1. The second-order valence-electron chi connectivity index (χ2n) is 4.45. The van der Waals surface area contributed by atoms with Crippen molar-refractivity contribution in [2.75, 3.05) is 0 Å². The minimum atomic E-state index is -0.285. The first-order valence-electron chi connectivity index (χ1n) is 6.39. The third-order valence-electron chi connectivity index (χ3n) is 3.26. The lowest BCUT2D eigenvalue weighted by molar-refractivity contribution is 0.103. The number of rotatable bonds is 3. The van der Waals surface area contributed by atoms with Gasteiger partial charge in [0.1, 0.15) is 5.65 Å². The van der Waals surface area contributed by atoms with Gasteiger partial charge < -0.3 is 4.98 Å². The molecule has 1 aromatic carbocycles. The Morgan fingerprint density at radius 1 is 1.30 bits per heavy atom. The molecule has 0 aliphatic carbocycles. The van der Waals surface area contributed by atoms with Gasteiger partial charge in [0.2, 0.25) is 5.43 Å². The molecule has 0 aliphatic heterocycles. The summed E-state index contributed by atoms with van der Waals surface area (Å²) in [5.74, 6) is -0.280. The summed E-state index contributed by atoms with van der Waals surface area (Å²) in [5.41, 5.74) is 0.994. The third-order valence-corrected chi connectivity index (χ3v) is 3.26. The van der Waals surface area contributed by atoms with Crippen molar-refractivity contribution in [1.82, 2.24) is 14.8 Å². The van der Waals surface area contributed by atoms with Gasteiger partial charge in [0.15, 0.2) is 5.78 Å². The fourth-order valence-electron chi connectivity index (χ4n) is 2.21. The summed E-state index contributed by atoms with van der Waals surface area (Å²) in [7, 11) is 0. The number of nitrogens with zero attached hydrogens (tertiary/aromatic N) is 2. The van der Waals surface area contributed by atoms with Crippen LogP contribution < -0.4 is 5.43 Å². The number of pyridine rings is 1. The van der Waals surface area contributed by atoms with Gasteiger partial charge in [-0.3, -0.25) is 9.59 Å². The zero-order valence-corrected chi connectivity index (χ0v) is 11.0. The van der Waals surface area contributed by atoms with E-state index in [1.54, 1.807) is 28.9 Å². The molecular weight excluding hydrogens is 254 g/mol. The molecule has 5 nitrogen and oxygen atoms in total. The van der Waals surface area contributed by atoms with Crippen molar-refractivity contribution in [2.45, 2.75) is 13.5 Å². The molecular formula is C15H13N3O2. The first-order chi connectivity index (χ1) is 9.72. The van der Waals surface area contributed by atoms with Gasteiger partial charge in [-0.15, -0.1) is 0 Å². The third kappa shape index (κ3) is 1.84. The Hall–Kier alpha value is -2.69. The molecule has 0 spiro atoms. The standard InChI is InChI=1S/C15H13N3O2/c1-2-18-15-12(9-17-18)14(20)11(8-16-15)13(19)10-6-4-3-5-7-10/h3-9H,2H2,1H3,(H,16,20). The smallest absolute Gasteiger partial charge is 0.203 e. The average Bonchev–Trinajstić information content (AvgIpc) is 2.92. The van der Waals surface area contributed by atoms with Crippen LogP contribution in [0.5, 0.6) is 0 Å². The Bertz CT molecular complexity index is 831. The highest BCUT2D eigenvalue weighted by molar-refractivity contribution is 6.09. The van der Waals surface area contributed by atoms with E-state index in [9.17, 15) is 9.59 Å². The van der Waals surface area contributed by atoms with E-state index in [1.807, 2.05) is 13.0 Å². The highest BCUT2D eigenvalue weighted by Gasteiger charge is 2.16. The molecule has 0 saturated heterocycles. The summed E-state index contributed by atoms with van der Waals surface area (Å²) < 4.78 is 1.69. The van der Waals surface area contributed by atoms with Crippen LogP contribution >= 0.6 is 0 Å². The number of nitrogens with one attached hydrogen (secondary N) is 1. The van der Waals surface area contributed by atoms with Crippen LogP contribution in [0.4, 0.5) is 0 Å². The summed E-state index contributed by atoms with van der Waals surface area (Å²) >= 11 is 0. The second kappa shape index (κ2) is 4.77. The fraction of sp³-hybridized carbons (Fsp3) is 0.133. The molecule has 1 N–H and O–H groups in total. The van der Waals surface area contributed by atoms with E-state index < -0.39 is 0 Å². The van der Waals surface area contributed by atoms with Gasteiger partial charge in [-0.05, 0) is 6.92 Å². The minimum absolute atomic E-state index is 0.138. The molecule has 0 amide bonds. The van der Waals surface area contributed by atoms with Crippen LogP contribution in [0.25, 0.3) is 11.0 Å². The van der Waals surface area contributed by atoms with Crippen LogP contribution in [0, 0.1) is 0 Å². The first kappa shape index (κ1) is 12.3. The Morgan fingerprint density at radius 2 is 2.05 bits per heavy atom. The Labute approximate surface area is 114 Å². The maximum absolute atomic E-state index is 12.4. The first-order valence-corrected chi connectivity index (χ1v) is 6.39.